The van der Waals surface area contributed by atoms with Crippen LogP contribution in [0.1, 0.15) is 34.8 Å². The monoisotopic (exact) mass is 553 g/mol. The Bertz CT molecular complexity index is 1700. The van der Waals surface area contributed by atoms with Gasteiger partial charge in [0.2, 0.25) is 0 Å². The summed E-state index contributed by atoms with van der Waals surface area (Å²) in [5.74, 6) is -1.81. The van der Waals surface area contributed by atoms with Crippen molar-refractivity contribution in [1.82, 2.24) is 10.1 Å². The Balaban J connectivity index is 1.31. The van der Waals surface area contributed by atoms with E-state index in [2.05, 4.69) is 15.5 Å². The van der Waals surface area contributed by atoms with E-state index in [1.165, 1.54) is 30.5 Å². The molecule has 0 saturated carbocycles. The molecule has 0 spiro atoms. The van der Waals surface area contributed by atoms with Gasteiger partial charge < -0.3 is 19.1 Å². The highest BCUT2D eigenvalue weighted by molar-refractivity contribution is 5.91. The van der Waals surface area contributed by atoms with E-state index in [9.17, 15) is 19.1 Å². The van der Waals surface area contributed by atoms with Crippen molar-refractivity contribution in [3.05, 3.63) is 114 Å². The second kappa shape index (κ2) is 11.7. The number of aromatic carboxylic acids is 1. The number of carboxylic acids is 1. The fourth-order valence-electron chi connectivity index (χ4n) is 4.13. The van der Waals surface area contributed by atoms with Gasteiger partial charge in [0, 0.05) is 11.8 Å². The first kappa shape index (κ1) is 27.1. The quantitative estimate of drug-likeness (QED) is 0.201. The summed E-state index contributed by atoms with van der Waals surface area (Å²) in [5, 5.41) is 16.0. The first-order valence-corrected chi connectivity index (χ1v) is 12.6. The largest absolute Gasteiger partial charge is 0.476 e. The molecule has 9 nitrogen and oxygen atoms in total. The number of carboxylic acid groups (broad SMARTS) is 1. The van der Waals surface area contributed by atoms with Crippen molar-refractivity contribution in [3.63, 3.8) is 0 Å². The number of nitrogens with one attached hydrogen (secondary N) is 1. The minimum atomic E-state index is -1.28. The number of anilines is 1. The van der Waals surface area contributed by atoms with Gasteiger partial charge in [0.1, 0.15) is 17.5 Å². The van der Waals surface area contributed by atoms with Gasteiger partial charge >= 0.3 is 12.1 Å². The van der Waals surface area contributed by atoms with Gasteiger partial charge in [-0.15, -0.1) is 0 Å². The van der Waals surface area contributed by atoms with Crippen LogP contribution in [-0.2, 0) is 4.74 Å². The molecule has 0 aliphatic rings. The number of aromatic nitrogens is 2. The Hall–Kier alpha value is -5.51. The first-order valence-electron chi connectivity index (χ1n) is 12.6. The number of carbonyl (C=O) groups excluding carboxylic acids is 1. The summed E-state index contributed by atoms with van der Waals surface area (Å²) in [5.41, 5.74) is 3.31. The summed E-state index contributed by atoms with van der Waals surface area (Å²) in [6.07, 6.45) is 0.210. The molecular formula is C31H24FN3O6. The molecular weight excluding hydrogens is 529 g/mol. The van der Waals surface area contributed by atoms with Crippen molar-refractivity contribution in [2.75, 3.05) is 5.32 Å². The number of pyridine rings is 1. The third-order valence-corrected chi connectivity index (χ3v) is 6.25. The number of hydrogen-bond donors (Lipinski definition) is 2. The number of hydrogen-bond acceptors (Lipinski definition) is 7. The molecule has 0 saturated heterocycles. The Kier molecular flexibility index (Phi) is 7.73. The molecule has 0 bridgehead atoms. The molecule has 2 aromatic heterocycles. The van der Waals surface area contributed by atoms with E-state index >= 15 is 0 Å². The Morgan fingerprint density at radius 3 is 2.34 bits per heavy atom. The average molecular weight is 554 g/mol. The van der Waals surface area contributed by atoms with Gasteiger partial charge in [-0.3, -0.25) is 5.32 Å². The van der Waals surface area contributed by atoms with Gasteiger partial charge in [0.25, 0.3) is 0 Å². The van der Waals surface area contributed by atoms with Crippen molar-refractivity contribution in [2.24, 2.45) is 0 Å². The van der Waals surface area contributed by atoms with Gasteiger partial charge in [-0.25, -0.2) is 19.0 Å². The van der Waals surface area contributed by atoms with Crippen molar-refractivity contribution < 1.29 is 33.1 Å². The highest BCUT2D eigenvalue weighted by atomic mass is 19.1. The minimum absolute atomic E-state index is 0.0684. The van der Waals surface area contributed by atoms with Gasteiger partial charge in [0.15, 0.2) is 28.8 Å². The summed E-state index contributed by atoms with van der Waals surface area (Å²) in [6.45, 7) is 3.48. The maximum Gasteiger partial charge on any atom is 0.412 e. The smallest absolute Gasteiger partial charge is 0.412 e. The predicted molar refractivity (Wildman–Crippen MR) is 148 cm³/mol. The molecule has 2 heterocycles. The molecule has 0 radical (unpaired) electrons. The fraction of sp³-hybridized carbons (Fsp3) is 0.0968. The number of rotatable bonds is 8. The van der Waals surface area contributed by atoms with E-state index in [-0.39, 0.29) is 17.2 Å². The molecule has 5 aromatic rings. The third-order valence-electron chi connectivity index (χ3n) is 6.25. The molecule has 1 atom stereocenters. The zero-order valence-corrected chi connectivity index (χ0v) is 22.0. The lowest BCUT2D eigenvalue weighted by molar-refractivity contribution is 0.0687. The van der Waals surface area contributed by atoms with Crippen LogP contribution in [0.2, 0.25) is 0 Å². The molecule has 0 aliphatic heterocycles. The van der Waals surface area contributed by atoms with Crippen LogP contribution >= 0.6 is 0 Å². The van der Waals surface area contributed by atoms with E-state index < -0.39 is 24.0 Å². The third kappa shape index (κ3) is 6.06. The van der Waals surface area contributed by atoms with Crippen LogP contribution in [0.3, 0.4) is 0 Å². The van der Waals surface area contributed by atoms with Crippen LogP contribution in [0.4, 0.5) is 14.9 Å². The zero-order valence-electron chi connectivity index (χ0n) is 22.0. The molecule has 1 unspecified atom stereocenters. The number of ether oxygens (including phenoxy) is 2. The van der Waals surface area contributed by atoms with Crippen LogP contribution in [0, 0.1) is 12.7 Å². The number of carbonyl (C=O) groups is 2. The van der Waals surface area contributed by atoms with Crippen LogP contribution < -0.4 is 10.1 Å². The fourth-order valence-corrected chi connectivity index (χ4v) is 4.13. The van der Waals surface area contributed by atoms with Crippen LogP contribution in [-0.4, -0.2) is 27.3 Å². The lowest BCUT2D eigenvalue weighted by Crippen LogP contribution is -2.16. The normalized spacial score (nSPS) is 11.5. The van der Waals surface area contributed by atoms with Gasteiger partial charge in [-0.05, 0) is 54.8 Å². The van der Waals surface area contributed by atoms with E-state index in [1.807, 2.05) is 30.3 Å². The van der Waals surface area contributed by atoms with Gasteiger partial charge in [-0.2, -0.15) is 0 Å². The number of nitrogens with zero attached hydrogens (tertiary/aromatic N) is 2. The standard InChI is InChI=1S/C31H24FN3O6/c1-18-27(34-31(38)39-19(2)20-7-4-3-5-8-20)29(41-35-18)22-12-10-21(11-13-22)23-14-15-25(24(32)17-23)40-26-9-6-16-33-28(26)30(36)37/h3-17,19H,1-2H3,(H,34,38)(H,36,37). The SMILES string of the molecule is Cc1noc(-c2ccc(-c3ccc(Oc4cccnc4C(=O)O)c(F)c3)cc2)c1NC(=O)OC(C)c1ccccc1. The van der Waals surface area contributed by atoms with Crippen molar-refractivity contribution in [2.45, 2.75) is 20.0 Å². The van der Waals surface area contributed by atoms with Crippen molar-refractivity contribution in [1.29, 1.82) is 0 Å². The number of aryl methyl sites for hydroxylation is 1. The maximum absolute atomic E-state index is 14.9. The van der Waals surface area contributed by atoms with Crippen LogP contribution in [0.15, 0.2) is 95.6 Å². The summed E-state index contributed by atoms with van der Waals surface area (Å²) in [7, 11) is 0. The van der Waals surface area contributed by atoms with E-state index in [0.29, 0.717) is 33.8 Å². The molecule has 3 aromatic carbocycles. The number of amides is 1. The van der Waals surface area contributed by atoms with Crippen molar-refractivity contribution >= 4 is 17.7 Å². The summed E-state index contributed by atoms with van der Waals surface area (Å²) in [4.78, 5) is 27.7. The molecule has 0 fully saturated rings. The molecule has 0 aliphatic carbocycles. The second-order valence-electron chi connectivity index (χ2n) is 9.04. The van der Waals surface area contributed by atoms with E-state index in [0.717, 1.165) is 5.56 Å². The molecule has 41 heavy (non-hydrogen) atoms. The van der Waals surface area contributed by atoms with E-state index in [4.69, 9.17) is 14.0 Å². The predicted octanol–water partition coefficient (Wildman–Crippen LogP) is 7.65. The second-order valence-corrected chi connectivity index (χ2v) is 9.04. The van der Waals surface area contributed by atoms with E-state index in [1.54, 1.807) is 44.2 Å². The van der Waals surface area contributed by atoms with Crippen LogP contribution in [0.5, 0.6) is 11.5 Å². The molecule has 206 valence electrons. The summed E-state index contributed by atoms with van der Waals surface area (Å²) in [6, 6.07) is 23.7. The highest BCUT2D eigenvalue weighted by Gasteiger charge is 2.20. The first-order chi connectivity index (χ1) is 19.8. The Labute approximate surface area is 234 Å². The highest BCUT2D eigenvalue weighted by Crippen LogP contribution is 2.34. The zero-order chi connectivity index (χ0) is 28.9. The number of halogens is 1. The Morgan fingerprint density at radius 1 is 0.927 bits per heavy atom. The summed E-state index contributed by atoms with van der Waals surface area (Å²) >= 11 is 0. The van der Waals surface area contributed by atoms with Crippen molar-refractivity contribution in [3.8, 4) is 33.9 Å². The van der Waals surface area contributed by atoms with Gasteiger partial charge in [0.05, 0.1) is 0 Å². The lowest BCUT2D eigenvalue weighted by atomic mass is 10.0. The van der Waals surface area contributed by atoms with Gasteiger partial charge in [-0.1, -0.05) is 65.8 Å². The summed E-state index contributed by atoms with van der Waals surface area (Å²) < 4.78 is 31.4. The average Bonchev–Trinajstić information content (AvgIpc) is 3.34. The lowest BCUT2D eigenvalue weighted by Gasteiger charge is -2.14. The molecule has 5 rings (SSSR count). The topological polar surface area (TPSA) is 124 Å². The maximum atomic E-state index is 14.9. The molecule has 10 heteroatoms. The van der Waals surface area contributed by atoms with Crippen LogP contribution in [0.25, 0.3) is 22.5 Å². The molecule has 2 N–H and O–H groups in total. The molecule has 1 amide bonds. The Morgan fingerprint density at radius 2 is 1.63 bits per heavy atom. The minimum Gasteiger partial charge on any atom is -0.476 e. The number of benzene rings is 3.